The van der Waals surface area contributed by atoms with Gasteiger partial charge in [0.1, 0.15) is 19.3 Å². The molecule has 0 bridgehead atoms. The number of phosphoric ester groups is 2. The molecule has 0 aromatic heterocycles. The molecular formula is C81H140O17P2. The van der Waals surface area contributed by atoms with Gasteiger partial charge in [-0.2, -0.15) is 0 Å². The summed E-state index contributed by atoms with van der Waals surface area (Å²) in [7, 11) is -9.98. The van der Waals surface area contributed by atoms with E-state index in [0.717, 1.165) is 141 Å². The molecule has 0 saturated heterocycles. The van der Waals surface area contributed by atoms with Crippen LogP contribution in [0.1, 0.15) is 323 Å². The Hall–Kier alpha value is -4.28. The van der Waals surface area contributed by atoms with Crippen LogP contribution in [0.4, 0.5) is 0 Å². The predicted molar refractivity (Wildman–Crippen MR) is 408 cm³/mol. The van der Waals surface area contributed by atoms with Crippen LogP contribution in [0.2, 0.25) is 0 Å². The second-order valence-electron chi connectivity index (χ2n) is 25.9. The average Bonchev–Trinajstić information content (AvgIpc) is 1.01. The summed E-state index contributed by atoms with van der Waals surface area (Å²) in [5.41, 5.74) is 0. The van der Waals surface area contributed by atoms with Gasteiger partial charge in [0.05, 0.1) is 32.8 Å². The molecule has 5 unspecified atom stereocenters. The Balaban J connectivity index is 5.42. The quantitative estimate of drug-likeness (QED) is 0.0169. The summed E-state index contributed by atoms with van der Waals surface area (Å²) in [4.78, 5) is 72.9. The van der Waals surface area contributed by atoms with Gasteiger partial charge in [-0.15, -0.1) is 0 Å². The maximum absolute atomic E-state index is 13.1. The van der Waals surface area contributed by atoms with E-state index in [1.807, 2.05) is 18.2 Å². The zero-order valence-corrected chi connectivity index (χ0v) is 64.6. The van der Waals surface area contributed by atoms with Crippen molar-refractivity contribution >= 4 is 39.5 Å². The van der Waals surface area contributed by atoms with Crippen molar-refractivity contribution in [3.05, 3.63) is 109 Å². The summed E-state index contributed by atoms with van der Waals surface area (Å²) in [6.07, 6.45) is 78.2. The van der Waals surface area contributed by atoms with Crippen LogP contribution in [-0.2, 0) is 65.4 Å². The molecule has 3 N–H and O–H groups in total. The van der Waals surface area contributed by atoms with E-state index in [-0.39, 0.29) is 25.7 Å². The molecule has 0 aliphatic carbocycles. The molecule has 0 heterocycles. The number of hydrogen-bond donors (Lipinski definition) is 3. The van der Waals surface area contributed by atoms with Gasteiger partial charge in [-0.3, -0.25) is 37.3 Å². The molecule has 0 rings (SSSR count). The first-order valence-corrected chi connectivity index (χ1v) is 42.1. The fraction of sp³-hybridized carbons (Fsp3) is 0.728. The Morgan fingerprint density at radius 2 is 0.560 bits per heavy atom. The number of phosphoric acid groups is 2. The largest absolute Gasteiger partial charge is 0.472 e. The van der Waals surface area contributed by atoms with Crippen LogP contribution < -0.4 is 0 Å². The standard InChI is InChI=1S/C81H140O17P2/c1-5-9-13-17-21-25-29-33-37-41-45-49-53-57-61-65-78(83)91-71-76(97-80(85)67-63-59-55-51-47-43-39-35-31-27-23-19-15-11-7-3)73-95-99(87,88)93-69-75(82)70-94-100(89,90)96-74-77(98-81(86)68-64-60-56-52-48-44-40-36-32-28-24-20-16-12-8-4)72-92-79(84)66-62-58-54-50-46-42-38-34-30-26-22-18-14-10-6-2/h9,11,13,15,21,23,25,27,33-35,37-39,45,49,57,61,75-77,82H,5-8,10,12,14,16-20,22,24,26,28-32,36,40-44,46-48,50-56,58-60,62-74H2,1-4H3,(H,87,88)(H,89,90)/b13-9-,15-11-,25-21-,27-23-,37-33-,38-34-,39-35-,49-45-,61-57-. The third-order valence-corrected chi connectivity index (χ3v) is 18.2. The Morgan fingerprint density at radius 3 is 0.900 bits per heavy atom. The topological polar surface area (TPSA) is 237 Å². The highest BCUT2D eigenvalue weighted by atomic mass is 31.2. The van der Waals surface area contributed by atoms with Crippen molar-refractivity contribution < 1.29 is 80.2 Å². The molecule has 0 aliphatic heterocycles. The fourth-order valence-electron chi connectivity index (χ4n) is 10.4. The molecule has 0 amide bonds. The molecule has 0 aromatic rings. The molecule has 0 fully saturated rings. The third kappa shape index (κ3) is 72.1. The molecule has 0 radical (unpaired) electrons. The van der Waals surface area contributed by atoms with Gasteiger partial charge in [-0.1, -0.05) is 298 Å². The van der Waals surface area contributed by atoms with Crippen molar-refractivity contribution in [2.24, 2.45) is 0 Å². The van der Waals surface area contributed by atoms with Gasteiger partial charge in [0.25, 0.3) is 0 Å². The second kappa shape index (κ2) is 73.0. The number of esters is 4. The Kier molecular flexibility index (Phi) is 69.9. The van der Waals surface area contributed by atoms with E-state index in [1.54, 1.807) is 6.08 Å². The van der Waals surface area contributed by atoms with Crippen molar-refractivity contribution in [2.75, 3.05) is 39.6 Å². The maximum atomic E-state index is 13.1. The second-order valence-corrected chi connectivity index (χ2v) is 28.8. The summed E-state index contributed by atoms with van der Waals surface area (Å²) < 4.78 is 68.4. The summed E-state index contributed by atoms with van der Waals surface area (Å²) in [5.74, 6) is -2.34. The SMILES string of the molecule is CC/C=C\C/C=C\C/C=C\C/C=C\C/C=C\CC(=O)OCC(COP(=O)(O)OCC(O)COP(=O)(O)OCC(COC(=O)CCCCCCC/C=C\CCCCCCCC)OC(=O)CCCCCCCCCCCCCCCCC)OC(=O)CCCCCCC/C=C\C/C=C\C/C=C\CC. The molecule has 100 heavy (non-hydrogen) atoms. The average molecular weight is 1450 g/mol. The Labute approximate surface area is 607 Å². The van der Waals surface area contributed by atoms with Crippen LogP contribution in [0, 0.1) is 0 Å². The molecule has 576 valence electrons. The number of aliphatic hydroxyl groups is 1. The lowest BCUT2D eigenvalue weighted by Gasteiger charge is -2.21. The van der Waals surface area contributed by atoms with Crippen LogP contribution in [0.5, 0.6) is 0 Å². The minimum Gasteiger partial charge on any atom is -0.462 e. The first kappa shape index (κ1) is 95.7. The fourth-order valence-corrected chi connectivity index (χ4v) is 11.9. The molecule has 17 nitrogen and oxygen atoms in total. The van der Waals surface area contributed by atoms with Gasteiger partial charge < -0.3 is 33.8 Å². The molecule has 5 atom stereocenters. The number of allylic oxidation sites excluding steroid dienone is 17. The van der Waals surface area contributed by atoms with Gasteiger partial charge in [0, 0.05) is 19.3 Å². The van der Waals surface area contributed by atoms with E-state index < -0.39 is 97.5 Å². The van der Waals surface area contributed by atoms with Crippen LogP contribution >= 0.6 is 15.6 Å². The summed E-state index contributed by atoms with van der Waals surface area (Å²) in [6.45, 7) is 4.53. The molecule has 0 aromatic carbocycles. The van der Waals surface area contributed by atoms with Crippen LogP contribution in [0.25, 0.3) is 0 Å². The lowest BCUT2D eigenvalue weighted by molar-refractivity contribution is -0.161. The lowest BCUT2D eigenvalue weighted by atomic mass is 10.0. The third-order valence-electron chi connectivity index (χ3n) is 16.3. The number of carbonyl (C=O) groups is 4. The summed E-state index contributed by atoms with van der Waals surface area (Å²) >= 11 is 0. The molecule has 19 heteroatoms. The van der Waals surface area contributed by atoms with Gasteiger partial charge in [0.2, 0.25) is 0 Å². The summed E-state index contributed by atoms with van der Waals surface area (Å²) in [5, 5.41) is 10.6. The Bertz CT molecular complexity index is 2320. The van der Waals surface area contributed by atoms with Crippen molar-refractivity contribution in [1.82, 2.24) is 0 Å². The number of unbranched alkanes of at least 4 members (excludes halogenated alkanes) is 30. The predicted octanol–water partition coefficient (Wildman–Crippen LogP) is 22.6. The van der Waals surface area contributed by atoms with E-state index in [2.05, 4.69) is 113 Å². The normalized spacial score (nSPS) is 14.5. The van der Waals surface area contributed by atoms with E-state index in [1.165, 1.54) is 103 Å². The molecular weight excluding hydrogens is 1310 g/mol. The number of carbonyl (C=O) groups excluding carboxylic acids is 4. The monoisotopic (exact) mass is 1450 g/mol. The highest BCUT2D eigenvalue weighted by molar-refractivity contribution is 7.47. The molecule has 0 spiro atoms. The highest BCUT2D eigenvalue weighted by Crippen LogP contribution is 2.45. The molecule has 0 aliphatic rings. The van der Waals surface area contributed by atoms with E-state index in [9.17, 15) is 43.2 Å². The minimum atomic E-state index is -5.00. The van der Waals surface area contributed by atoms with Crippen LogP contribution in [-0.4, -0.2) is 96.7 Å². The number of aliphatic hydroxyl groups excluding tert-OH is 1. The first-order chi connectivity index (χ1) is 48.7. The smallest absolute Gasteiger partial charge is 0.462 e. The maximum Gasteiger partial charge on any atom is 0.472 e. The highest BCUT2D eigenvalue weighted by Gasteiger charge is 2.30. The Morgan fingerprint density at radius 1 is 0.300 bits per heavy atom. The summed E-state index contributed by atoms with van der Waals surface area (Å²) in [6, 6.07) is 0. The van der Waals surface area contributed by atoms with Gasteiger partial charge in [0.15, 0.2) is 12.2 Å². The lowest BCUT2D eigenvalue weighted by Crippen LogP contribution is -2.30. The van der Waals surface area contributed by atoms with Gasteiger partial charge >= 0.3 is 39.5 Å². The number of ether oxygens (including phenoxy) is 4. The van der Waals surface area contributed by atoms with Crippen LogP contribution in [0.15, 0.2) is 109 Å². The van der Waals surface area contributed by atoms with Crippen molar-refractivity contribution in [3.8, 4) is 0 Å². The van der Waals surface area contributed by atoms with Crippen molar-refractivity contribution in [3.63, 3.8) is 0 Å². The molecule has 0 saturated carbocycles. The van der Waals surface area contributed by atoms with Gasteiger partial charge in [-0.25, -0.2) is 9.13 Å². The zero-order chi connectivity index (χ0) is 73.2. The van der Waals surface area contributed by atoms with E-state index >= 15 is 0 Å². The number of rotatable bonds is 73. The minimum absolute atomic E-state index is 0.0548. The number of hydrogen-bond acceptors (Lipinski definition) is 15. The zero-order valence-electron chi connectivity index (χ0n) is 62.8. The first-order valence-electron chi connectivity index (χ1n) is 39.1. The van der Waals surface area contributed by atoms with E-state index in [0.29, 0.717) is 25.7 Å². The van der Waals surface area contributed by atoms with E-state index in [4.69, 9.17) is 37.0 Å². The van der Waals surface area contributed by atoms with Crippen molar-refractivity contribution in [2.45, 2.75) is 341 Å². The van der Waals surface area contributed by atoms with Crippen molar-refractivity contribution in [1.29, 1.82) is 0 Å². The van der Waals surface area contributed by atoms with Crippen LogP contribution in [0.3, 0.4) is 0 Å². The van der Waals surface area contributed by atoms with Gasteiger partial charge in [-0.05, 0) is 109 Å².